The Morgan fingerprint density at radius 1 is 1.19 bits per heavy atom. The number of carbonyl (C=O) groups is 2. The van der Waals surface area contributed by atoms with Crippen LogP contribution in [0.3, 0.4) is 0 Å². The topological polar surface area (TPSA) is 58.2 Å². The van der Waals surface area contributed by atoms with Gasteiger partial charge in [-0.15, -0.1) is 0 Å². The number of hydrogen-bond donors (Lipinski definition) is 2. The minimum absolute atomic E-state index is 0.134. The van der Waals surface area contributed by atoms with Crippen molar-refractivity contribution in [3.05, 3.63) is 0 Å². The molecule has 2 unspecified atom stereocenters. The molecule has 0 heterocycles. The van der Waals surface area contributed by atoms with E-state index < -0.39 is 0 Å². The van der Waals surface area contributed by atoms with E-state index >= 15 is 0 Å². The summed E-state index contributed by atoms with van der Waals surface area (Å²) in [6.45, 7) is 9.31. The maximum atomic E-state index is 11.9. The number of nitrogens with one attached hydrogen (secondary N) is 2. The van der Waals surface area contributed by atoms with E-state index in [4.69, 9.17) is 0 Å². The summed E-state index contributed by atoms with van der Waals surface area (Å²) in [5.41, 5.74) is -0.176. The molecular formula is C17H34N2O2. The summed E-state index contributed by atoms with van der Waals surface area (Å²) < 4.78 is 0. The molecule has 0 saturated carbocycles. The Morgan fingerprint density at radius 2 is 1.90 bits per heavy atom. The van der Waals surface area contributed by atoms with Gasteiger partial charge in [-0.25, -0.2) is 0 Å². The van der Waals surface area contributed by atoms with Crippen molar-refractivity contribution in [2.75, 3.05) is 6.54 Å². The third-order valence-electron chi connectivity index (χ3n) is 4.20. The lowest BCUT2D eigenvalue weighted by Gasteiger charge is -2.28. The van der Waals surface area contributed by atoms with Crippen molar-refractivity contribution >= 4 is 12.3 Å². The SMILES string of the molecule is CCCC(CC)CNC(=O)CCCC(C)(CCC)NC=O. The number of hydrogen-bond acceptors (Lipinski definition) is 2. The zero-order valence-corrected chi connectivity index (χ0v) is 14.3. The first-order valence-corrected chi connectivity index (χ1v) is 8.49. The Hall–Kier alpha value is -1.06. The average Bonchev–Trinajstić information content (AvgIpc) is 2.43. The van der Waals surface area contributed by atoms with Crippen LogP contribution in [0, 0.1) is 5.92 Å². The van der Waals surface area contributed by atoms with E-state index in [0.717, 1.165) is 45.1 Å². The van der Waals surface area contributed by atoms with Gasteiger partial charge in [0.25, 0.3) is 0 Å². The third-order valence-corrected chi connectivity index (χ3v) is 4.20. The van der Waals surface area contributed by atoms with Crippen molar-refractivity contribution in [2.45, 2.75) is 84.6 Å². The summed E-state index contributed by atoms with van der Waals surface area (Å²) in [5.74, 6) is 0.732. The van der Waals surface area contributed by atoms with Crippen molar-refractivity contribution < 1.29 is 9.59 Å². The second kappa shape index (κ2) is 11.6. The molecule has 0 bridgehead atoms. The van der Waals surface area contributed by atoms with E-state index in [9.17, 15) is 9.59 Å². The molecule has 0 rings (SSSR count). The smallest absolute Gasteiger partial charge is 0.220 e. The van der Waals surface area contributed by atoms with Crippen LogP contribution in [0.25, 0.3) is 0 Å². The highest BCUT2D eigenvalue weighted by atomic mass is 16.1. The zero-order valence-electron chi connectivity index (χ0n) is 14.3. The van der Waals surface area contributed by atoms with Crippen molar-refractivity contribution in [1.29, 1.82) is 0 Å². The second-order valence-corrected chi connectivity index (χ2v) is 6.29. The Morgan fingerprint density at radius 3 is 2.43 bits per heavy atom. The molecule has 0 saturated heterocycles. The van der Waals surface area contributed by atoms with Crippen LogP contribution in [0.5, 0.6) is 0 Å². The number of rotatable bonds is 13. The highest BCUT2D eigenvalue weighted by Gasteiger charge is 2.22. The maximum Gasteiger partial charge on any atom is 0.220 e. The number of amides is 2. The van der Waals surface area contributed by atoms with Crippen molar-refractivity contribution in [3.63, 3.8) is 0 Å². The third kappa shape index (κ3) is 9.48. The van der Waals surface area contributed by atoms with Gasteiger partial charge in [0.05, 0.1) is 0 Å². The molecule has 0 radical (unpaired) electrons. The monoisotopic (exact) mass is 298 g/mol. The summed E-state index contributed by atoms with van der Waals surface area (Å²) in [6, 6.07) is 0. The maximum absolute atomic E-state index is 11.9. The predicted molar refractivity (Wildman–Crippen MR) is 88.1 cm³/mol. The fourth-order valence-electron chi connectivity index (χ4n) is 2.81. The first kappa shape index (κ1) is 19.9. The molecule has 0 aromatic rings. The lowest BCUT2D eigenvalue weighted by molar-refractivity contribution is -0.121. The molecule has 0 aliphatic rings. The van der Waals surface area contributed by atoms with E-state index in [-0.39, 0.29) is 11.4 Å². The lowest BCUT2D eigenvalue weighted by Crippen LogP contribution is -2.41. The molecule has 0 aliphatic carbocycles. The molecule has 0 aliphatic heterocycles. The molecule has 0 aromatic heterocycles. The van der Waals surface area contributed by atoms with Crippen LogP contribution in [0.4, 0.5) is 0 Å². The summed E-state index contributed by atoms with van der Waals surface area (Å²) >= 11 is 0. The molecule has 0 fully saturated rings. The van der Waals surface area contributed by atoms with Crippen LogP contribution in [0.2, 0.25) is 0 Å². The molecule has 2 atom stereocenters. The molecule has 21 heavy (non-hydrogen) atoms. The predicted octanol–water partition coefficient (Wildman–Crippen LogP) is 3.40. The van der Waals surface area contributed by atoms with Crippen molar-refractivity contribution in [3.8, 4) is 0 Å². The Labute approximate surface area is 130 Å². The molecule has 4 nitrogen and oxygen atoms in total. The zero-order chi connectivity index (χ0) is 16.1. The van der Waals surface area contributed by atoms with Gasteiger partial charge in [0.15, 0.2) is 0 Å². The number of carbonyl (C=O) groups excluding carboxylic acids is 2. The largest absolute Gasteiger partial charge is 0.356 e. The standard InChI is InChI=1S/C17H34N2O2/c1-5-9-15(7-3)13-18-16(21)10-8-12-17(4,11-6-2)19-14-20/h14-15H,5-13H2,1-4H3,(H,18,21)(H,19,20). The minimum Gasteiger partial charge on any atom is -0.356 e. The van der Waals surface area contributed by atoms with E-state index in [1.807, 2.05) is 0 Å². The lowest BCUT2D eigenvalue weighted by atomic mass is 9.90. The van der Waals surface area contributed by atoms with Gasteiger partial charge in [-0.3, -0.25) is 9.59 Å². The fourth-order valence-corrected chi connectivity index (χ4v) is 2.81. The summed E-state index contributed by atoms with van der Waals surface area (Å²) in [6.07, 6.45) is 8.41. The van der Waals surface area contributed by atoms with Crippen molar-refractivity contribution in [2.24, 2.45) is 5.92 Å². The Kier molecular flexibility index (Phi) is 11.0. The molecule has 2 N–H and O–H groups in total. The van der Waals surface area contributed by atoms with Gasteiger partial charge < -0.3 is 10.6 Å². The fraction of sp³-hybridized carbons (Fsp3) is 0.882. The van der Waals surface area contributed by atoms with Gasteiger partial charge in [0.1, 0.15) is 0 Å². The van der Waals surface area contributed by atoms with Crippen molar-refractivity contribution in [1.82, 2.24) is 10.6 Å². The highest BCUT2D eigenvalue weighted by molar-refractivity contribution is 5.75. The average molecular weight is 298 g/mol. The van der Waals surface area contributed by atoms with Crippen LogP contribution >= 0.6 is 0 Å². The second-order valence-electron chi connectivity index (χ2n) is 6.29. The van der Waals surface area contributed by atoms with Gasteiger partial charge >= 0.3 is 0 Å². The molecule has 2 amide bonds. The molecule has 0 spiro atoms. The minimum atomic E-state index is -0.176. The normalized spacial score (nSPS) is 15.0. The van der Waals surface area contributed by atoms with Gasteiger partial charge in [0, 0.05) is 18.5 Å². The van der Waals surface area contributed by atoms with Gasteiger partial charge in [0.2, 0.25) is 12.3 Å². The molecular weight excluding hydrogens is 264 g/mol. The van der Waals surface area contributed by atoms with E-state index in [0.29, 0.717) is 12.3 Å². The molecule has 0 aromatic carbocycles. The van der Waals surface area contributed by atoms with Gasteiger partial charge in [-0.2, -0.15) is 0 Å². The first-order valence-electron chi connectivity index (χ1n) is 8.49. The van der Waals surface area contributed by atoms with Crippen LogP contribution in [0.1, 0.15) is 79.1 Å². The van der Waals surface area contributed by atoms with Gasteiger partial charge in [-0.1, -0.05) is 40.0 Å². The van der Waals surface area contributed by atoms with Crippen LogP contribution in [-0.4, -0.2) is 24.4 Å². The van der Waals surface area contributed by atoms with Gasteiger partial charge in [-0.05, 0) is 38.5 Å². The molecule has 4 heteroatoms. The van der Waals surface area contributed by atoms with Crippen LogP contribution in [0.15, 0.2) is 0 Å². The van der Waals surface area contributed by atoms with E-state index in [2.05, 4.69) is 38.3 Å². The Bertz CT molecular complexity index is 295. The summed E-state index contributed by atoms with van der Waals surface area (Å²) in [4.78, 5) is 22.5. The first-order chi connectivity index (χ1) is 10.0. The highest BCUT2D eigenvalue weighted by Crippen LogP contribution is 2.19. The van der Waals surface area contributed by atoms with Crippen LogP contribution < -0.4 is 10.6 Å². The quantitative estimate of drug-likeness (QED) is 0.512. The summed E-state index contributed by atoms with van der Waals surface area (Å²) in [5, 5.41) is 5.94. The van der Waals surface area contributed by atoms with E-state index in [1.165, 1.54) is 12.8 Å². The van der Waals surface area contributed by atoms with Crippen LogP contribution in [-0.2, 0) is 9.59 Å². The molecule has 124 valence electrons. The van der Waals surface area contributed by atoms with E-state index in [1.54, 1.807) is 0 Å². The Balaban J connectivity index is 3.98. The summed E-state index contributed by atoms with van der Waals surface area (Å²) in [7, 11) is 0.